The lowest BCUT2D eigenvalue weighted by Gasteiger charge is -2.07. The molecule has 0 aliphatic rings. The number of carbonyl (C=O) groups is 2. The van der Waals surface area contributed by atoms with Crippen LogP contribution in [0.4, 0.5) is 17.1 Å². The summed E-state index contributed by atoms with van der Waals surface area (Å²) in [5.74, 6) is -0.497. The van der Waals surface area contributed by atoms with Gasteiger partial charge in [-0.25, -0.2) is 0 Å². The lowest BCUT2D eigenvalue weighted by atomic mass is 10.2. The largest absolute Gasteiger partial charge is 0.345 e. The zero-order valence-electron chi connectivity index (χ0n) is 18.0. The van der Waals surface area contributed by atoms with E-state index < -0.39 is 15.8 Å². The summed E-state index contributed by atoms with van der Waals surface area (Å²) in [5, 5.41) is 35.5. The predicted molar refractivity (Wildman–Crippen MR) is 122 cm³/mol. The first-order valence-corrected chi connectivity index (χ1v) is 10.7. The van der Waals surface area contributed by atoms with E-state index in [2.05, 4.69) is 20.8 Å². The van der Waals surface area contributed by atoms with Crippen LogP contribution >= 0.6 is 11.8 Å². The number of hydrogen-bond acceptors (Lipinski definition) is 9. The van der Waals surface area contributed by atoms with Gasteiger partial charge in [0.2, 0.25) is 5.91 Å². The third-order valence-electron chi connectivity index (χ3n) is 4.67. The van der Waals surface area contributed by atoms with Crippen molar-refractivity contribution in [3.8, 4) is 0 Å². The molecule has 3 aromatic rings. The van der Waals surface area contributed by atoms with Crippen molar-refractivity contribution < 1.29 is 19.4 Å². The van der Waals surface area contributed by atoms with Crippen LogP contribution in [0.3, 0.4) is 0 Å². The Morgan fingerprint density at radius 2 is 1.85 bits per heavy atom. The van der Waals surface area contributed by atoms with Gasteiger partial charge in [0.05, 0.1) is 22.1 Å². The van der Waals surface area contributed by atoms with E-state index in [0.717, 1.165) is 11.8 Å². The second kappa shape index (κ2) is 10.5. The number of amides is 2. The molecular weight excluding hydrogens is 466 g/mol. The number of rotatable bonds is 9. The molecule has 0 saturated heterocycles. The molecule has 3 rings (SSSR count). The number of nitro benzene ring substituents is 2. The van der Waals surface area contributed by atoms with Crippen LogP contribution in [0.2, 0.25) is 0 Å². The molecule has 0 unspecified atom stereocenters. The van der Waals surface area contributed by atoms with Gasteiger partial charge in [0.1, 0.15) is 0 Å². The number of aromatic nitrogens is 3. The number of nitro groups is 2. The zero-order chi connectivity index (χ0) is 24.8. The molecule has 0 atom stereocenters. The fraction of sp³-hybridized carbons (Fsp3) is 0.200. The highest BCUT2D eigenvalue weighted by Crippen LogP contribution is 2.23. The van der Waals surface area contributed by atoms with Gasteiger partial charge in [-0.1, -0.05) is 23.9 Å². The molecule has 0 aliphatic heterocycles. The number of benzene rings is 2. The van der Waals surface area contributed by atoms with Crippen molar-refractivity contribution in [3.63, 3.8) is 0 Å². The molecule has 176 valence electrons. The maximum absolute atomic E-state index is 12.3. The Morgan fingerprint density at radius 3 is 2.56 bits per heavy atom. The van der Waals surface area contributed by atoms with Gasteiger partial charge >= 0.3 is 0 Å². The summed E-state index contributed by atoms with van der Waals surface area (Å²) in [7, 11) is 1.67. The van der Waals surface area contributed by atoms with Crippen LogP contribution in [-0.2, 0) is 18.4 Å². The molecule has 0 bridgehead atoms. The van der Waals surface area contributed by atoms with Gasteiger partial charge in [-0.15, -0.1) is 10.2 Å². The van der Waals surface area contributed by atoms with E-state index in [1.54, 1.807) is 30.7 Å². The van der Waals surface area contributed by atoms with Crippen LogP contribution < -0.4 is 10.6 Å². The van der Waals surface area contributed by atoms with Gasteiger partial charge in [0.15, 0.2) is 11.0 Å². The average Bonchev–Trinajstić information content (AvgIpc) is 3.16. The third kappa shape index (κ3) is 5.92. The van der Waals surface area contributed by atoms with Crippen LogP contribution in [0.5, 0.6) is 0 Å². The molecule has 1 aromatic heterocycles. The second-order valence-corrected chi connectivity index (χ2v) is 7.99. The van der Waals surface area contributed by atoms with E-state index in [0.29, 0.717) is 22.2 Å². The Bertz CT molecular complexity index is 1280. The zero-order valence-corrected chi connectivity index (χ0v) is 18.9. The third-order valence-corrected chi connectivity index (χ3v) is 5.69. The van der Waals surface area contributed by atoms with Gasteiger partial charge in [-0.2, -0.15) is 0 Å². The Morgan fingerprint density at radius 1 is 1.09 bits per heavy atom. The molecule has 2 amide bonds. The number of carbonyl (C=O) groups excluding carboxylic acids is 2. The molecule has 2 aromatic carbocycles. The minimum Gasteiger partial charge on any atom is -0.345 e. The summed E-state index contributed by atoms with van der Waals surface area (Å²) in [5.41, 5.74) is 0.657. The highest BCUT2D eigenvalue weighted by molar-refractivity contribution is 7.99. The average molecular weight is 485 g/mol. The summed E-state index contributed by atoms with van der Waals surface area (Å²) in [6, 6.07) is 9.77. The molecule has 1 heterocycles. The van der Waals surface area contributed by atoms with E-state index in [9.17, 15) is 29.8 Å². The molecule has 0 aliphatic carbocycles. The fourth-order valence-electron chi connectivity index (χ4n) is 2.86. The van der Waals surface area contributed by atoms with Gasteiger partial charge in [-0.05, 0) is 19.1 Å². The summed E-state index contributed by atoms with van der Waals surface area (Å²) < 4.78 is 1.60. The molecule has 0 fully saturated rings. The number of nitrogens with one attached hydrogen (secondary N) is 2. The quantitative estimate of drug-likeness (QED) is 0.262. The van der Waals surface area contributed by atoms with Gasteiger partial charge in [0.25, 0.3) is 17.3 Å². The molecule has 2 N–H and O–H groups in total. The Labute approximate surface area is 196 Å². The molecule has 0 spiro atoms. The smallest absolute Gasteiger partial charge is 0.274 e. The maximum atomic E-state index is 12.3. The number of aryl methyl sites for hydroxylation is 1. The first-order valence-electron chi connectivity index (χ1n) is 9.74. The molecule has 13 nitrogen and oxygen atoms in total. The predicted octanol–water partition coefficient (Wildman–Crippen LogP) is 2.60. The van der Waals surface area contributed by atoms with Gasteiger partial charge < -0.3 is 15.2 Å². The molecule has 0 radical (unpaired) electrons. The topological polar surface area (TPSA) is 175 Å². The first kappa shape index (κ1) is 24.3. The Kier molecular flexibility index (Phi) is 7.53. The lowest BCUT2D eigenvalue weighted by molar-refractivity contribution is -0.385. The molecule has 34 heavy (non-hydrogen) atoms. The SMILES string of the molecule is Cc1ccc(NC(=O)CSc2nnc(CNC(=O)c3cccc([N+](=O)[O-])c3)n2C)cc1[N+](=O)[O-]. The fourth-order valence-corrected chi connectivity index (χ4v) is 3.59. The Hall–Kier alpha value is -4.33. The maximum Gasteiger partial charge on any atom is 0.274 e. The van der Waals surface area contributed by atoms with Crippen molar-refractivity contribution in [3.05, 3.63) is 79.6 Å². The molecular formula is C20H19N7O6S. The monoisotopic (exact) mass is 485 g/mol. The summed E-state index contributed by atoms with van der Waals surface area (Å²) in [6.45, 7) is 1.63. The van der Waals surface area contributed by atoms with E-state index >= 15 is 0 Å². The van der Waals surface area contributed by atoms with Crippen LogP contribution in [0, 0.1) is 27.2 Å². The highest BCUT2D eigenvalue weighted by Gasteiger charge is 2.16. The summed E-state index contributed by atoms with van der Waals surface area (Å²) in [4.78, 5) is 45.4. The lowest BCUT2D eigenvalue weighted by Crippen LogP contribution is -2.24. The highest BCUT2D eigenvalue weighted by atomic mass is 32.2. The van der Waals surface area contributed by atoms with Crippen molar-refractivity contribution >= 4 is 40.6 Å². The normalized spacial score (nSPS) is 10.5. The minimum absolute atomic E-state index is 0.0187. The van der Waals surface area contributed by atoms with Crippen LogP contribution in [-0.4, -0.2) is 42.2 Å². The van der Waals surface area contributed by atoms with Gasteiger partial charge in [0, 0.05) is 42.1 Å². The van der Waals surface area contributed by atoms with E-state index in [1.165, 1.54) is 30.3 Å². The van der Waals surface area contributed by atoms with Crippen molar-refractivity contribution in [1.82, 2.24) is 20.1 Å². The summed E-state index contributed by atoms with van der Waals surface area (Å²) in [6.07, 6.45) is 0. The van der Waals surface area contributed by atoms with Crippen LogP contribution in [0.1, 0.15) is 21.7 Å². The molecule has 0 saturated carbocycles. The van der Waals surface area contributed by atoms with Crippen molar-refractivity contribution in [2.45, 2.75) is 18.6 Å². The second-order valence-electron chi connectivity index (χ2n) is 7.04. The Balaban J connectivity index is 1.55. The van der Waals surface area contributed by atoms with Crippen molar-refractivity contribution in [1.29, 1.82) is 0 Å². The number of hydrogen-bond donors (Lipinski definition) is 2. The van der Waals surface area contributed by atoms with Crippen molar-refractivity contribution in [2.75, 3.05) is 11.1 Å². The van der Waals surface area contributed by atoms with Crippen LogP contribution in [0.15, 0.2) is 47.6 Å². The number of nitrogens with zero attached hydrogens (tertiary/aromatic N) is 5. The van der Waals surface area contributed by atoms with Crippen LogP contribution in [0.25, 0.3) is 0 Å². The number of anilines is 1. The number of non-ortho nitro benzene ring substituents is 1. The summed E-state index contributed by atoms with van der Waals surface area (Å²) >= 11 is 1.10. The standard InChI is InChI=1S/C20H19N7O6S/c1-12-6-7-14(9-16(12)27(32)33)22-18(28)11-34-20-24-23-17(25(20)2)10-21-19(29)13-4-3-5-15(8-13)26(30)31/h3-9H,10-11H2,1-2H3,(H,21,29)(H,22,28). The van der Waals surface area contributed by atoms with E-state index in [1.807, 2.05) is 0 Å². The number of thioether (sulfide) groups is 1. The first-order chi connectivity index (χ1) is 16.2. The van der Waals surface area contributed by atoms with E-state index in [4.69, 9.17) is 0 Å². The van der Waals surface area contributed by atoms with E-state index in [-0.39, 0.29) is 35.1 Å². The molecule has 14 heteroatoms. The van der Waals surface area contributed by atoms with Gasteiger partial charge in [-0.3, -0.25) is 29.8 Å². The van der Waals surface area contributed by atoms with Crippen molar-refractivity contribution in [2.24, 2.45) is 7.05 Å². The minimum atomic E-state index is -0.584.